The zero-order valence-corrected chi connectivity index (χ0v) is 13.7. The Kier molecular flexibility index (Phi) is 4.75. The Balaban J connectivity index is 1.70. The van der Waals surface area contributed by atoms with Crippen LogP contribution in [0.5, 0.6) is 0 Å². The number of anilines is 1. The predicted molar refractivity (Wildman–Crippen MR) is 88.5 cm³/mol. The van der Waals surface area contributed by atoms with E-state index in [0.29, 0.717) is 18.9 Å². The third-order valence-electron chi connectivity index (χ3n) is 3.61. The van der Waals surface area contributed by atoms with Gasteiger partial charge in [-0.25, -0.2) is 13.4 Å². The smallest absolute Gasteiger partial charge is 0.232 e. The van der Waals surface area contributed by atoms with E-state index in [1.54, 1.807) is 12.3 Å². The molecule has 0 unspecified atom stereocenters. The number of benzene rings is 1. The number of ether oxygens (including phenoxy) is 1. The first-order valence-electron chi connectivity index (χ1n) is 7.20. The summed E-state index contributed by atoms with van der Waals surface area (Å²) in [5.41, 5.74) is 1.50. The average Bonchev–Trinajstić information content (AvgIpc) is 3.02. The minimum atomic E-state index is -3.34. The molecule has 0 bridgehead atoms. The lowest BCUT2D eigenvalue weighted by Crippen LogP contribution is -2.27. The summed E-state index contributed by atoms with van der Waals surface area (Å²) < 4.78 is 32.5. The van der Waals surface area contributed by atoms with E-state index in [-0.39, 0.29) is 11.7 Å². The summed E-state index contributed by atoms with van der Waals surface area (Å²) in [5, 5.41) is 2.78. The first-order valence-corrected chi connectivity index (χ1v) is 9.74. The Labute approximate surface area is 134 Å². The molecule has 5 nitrogen and oxygen atoms in total. The van der Waals surface area contributed by atoms with Crippen LogP contribution in [-0.2, 0) is 14.8 Å². The molecule has 22 heavy (non-hydrogen) atoms. The molecule has 1 aliphatic heterocycles. The Hall–Kier alpha value is -1.44. The van der Waals surface area contributed by atoms with Gasteiger partial charge in [-0.05, 0) is 30.9 Å². The van der Waals surface area contributed by atoms with Crippen LogP contribution >= 0.6 is 11.3 Å². The van der Waals surface area contributed by atoms with Crippen molar-refractivity contribution in [2.45, 2.75) is 12.8 Å². The van der Waals surface area contributed by atoms with Gasteiger partial charge >= 0.3 is 0 Å². The quantitative estimate of drug-likeness (QED) is 0.910. The molecule has 3 rings (SSSR count). The monoisotopic (exact) mass is 338 g/mol. The molecule has 1 aromatic carbocycles. The zero-order chi connectivity index (χ0) is 15.4. The molecule has 1 N–H and O–H groups in total. The highest BCUT2D eigenvalue weighted by atomic mass is 32.2. The molecule has 118 valence electrons. The van der Waals surface area contributed by atoms with Gasteiger partial charge in [-0.1, -0.05) is 12.1 Å². The first-order chi connectivity index (χ1) is 10.6. The summed E-state index contributed by atoms with van der Waals surface area (Å²) in [6.45, 7) is 1.30. The standard InChI is InChI=1S/C15H18N2O3S2/c18-22(19,11-12-4-7-20-8-5-12)17-14-3-1-2-13(10-14)15-16-6-9-21-15/h1-3,6,9-10,12,17H,4-5,7-8,11H2. The Morgan fingerprint density at radius 2 is 2.14 bits per heavy atom. The van der Waals surface area contributed by atoms with Gasteiger partial charge in [-0.3, -0.25) is 4.72 Å². The van der Waals surface area contributed by atoms with Gasteiger partial charge in [0.1, 0.15) is 5.01 Å². The molecular weight excluding hydrogens is 320 g/mol. The van der Waals surface area contributed by atoms with Crippen LogP contribution in [0.4, 0.5) is 5.69 Å². The number of aromatic nitrogens is 1. The van der Waals surface area contributed by atoms with Crippen molar-refractivity contribution in [3.63, 3.8) is 0 Å². The van der Waals surface area contributed by atoms with Gasteiger partial charge in [0.15, 0.2) is 0 Å². The second-order valence-electron chi connectivity index (χ2n) is 5.36. The molecule has 1 fully saturated rings. The van der Waals surface area contributed by atoms with Crippen molar-refractivity contribution >= 4 is 27.0 Å². The maximum Gasteiger partial charge on any atom is 0.232 e. The molecule has 1 saturated heterocycles. The maximum atomic E-state index is 12.3. The topological polar surface area (TPSA) is 68.3 Å². The number of nitrogens with one attached hydrogen (secondary N) is 1. The van der Waals surface area contributed by atoms with Crippen LogP contribution in [-0.4, -0.2) is 32.4 Å². The molecule has 0 amide bonds. The molecule has 0 aliphatic carbocycles. The molecule has 0 saturated carbocycles. The van der Waals surface area contributed by atoms with Crippen LogP contribution in [0, 0.1) is 5.92 Å². The summed E-state index contributed by atoms with van der Waals surface area (Å²) in [6.07, 6.45) is 3.35. The van der Waals surface area contributed by atoms with Gasteiger partial charge in [-0.2, -0.15) is 0 Å². The summed E-state index contributed by atoms with van der Waals surface area (Å²) >= 11 is 1.53. The summed E-state index contributed by atoms with van der Waals surface area (Å²) in [6, 6.07) is 7.34. The minimum Gasteiger partial charge on any atom is -0.381 e. The van der Waals surface area contributed by atoms with Crippen LogP contribution in [0.15, 0.2) is 35.8 Å². The van der Waals surface area contributed by atoms with Gasteiger partial charge < -0.3 is 4.74 Å². The Morgan fingerprint density at radius 1 is 1.32 bits per heavy atom. The number of sulfonamides is 1. The highest BCUT2D eigenvalue weighted by molar-refractivity contribution is 7.92. The van der Waals surface area contributed by atoms with Gasteiger partial charge in [0.25, 0.3) is 0 Å². The maximum absolute atomic E-state index is 12.3. The van der Waals surface area contributed by atoms with Crippen LogP contribution in [0.1, 0.15) is 12.8 Å². The molecule has 0 spiro atoms. The van der Waals surface area contributed by atoms with Crippen molar-refractivity contribution in [3.8, 4) is 10.6 Å². The van der Waals surface area contributed by atoms with Crippen molar-refractivity contribution in [2.75, 3.05) is 23.7 Å². The van der Waals surface area contributed by atoms with Crippen LogP contribution in [0.3, 0.4) is 0 Å². The van der Waals surface area contributed by atoms with Gasteiger partial charge in [0.2, 0.25) is 10.0 Å². The predicted octanol–water partition coefficient (Wildman–Crippen LogP) is 2.98. The second-order valence-corrected chi connectivity index (χ2v) is 8.02. The van der Waals surface area contributed by atoms with Crippen molar-refractivity contribution < 1.29 is 13.2 Å². The highest BCUT2D eigenvalue weighted by Gasteiger charge is 2.21. The van der Waals surface area contributed by atoms with Gasteiger partial charge in [0.05, 0.1) is 5.75 Å². The zero-order valence-electron chi connectivity index (χ0n) is 12.1. The molecule has 1 aromatic heterocycles. The third kappa shape index (κ3) is 4.06. The fraction of sp³-hybridized carbons (Fsp3) is 0.400. The fourth-order valence-corrected chi connectivity index (χ4v) is 4.69. The second kappa shape index (κ2) is 6.76. The SMILES string of the molecule is O=S(=O)(CC1CCOCC1)Nc1cccc(-c2nccs2)c1. The molecule has 1 aliphatic rings. The van der Waals surface area contributed by atoms with Crippen molar-refractivity contribution in [1.29, 1.82) is 0 Å². The van der Waals surface area contributed by atoms with Crippen LogP contribution < -0.4 is 4.72 Å². The number of nitrogens with zero attached hydrogens (tertiary/aromatic N) is 1. The van der Waals surface area contributed by atoms with E-state index in [9.17, 15) is 8.42 Å². The van der Waals surface area contributed by atoms with E-state index in [4.69, 9.17) is 4.74 Å². The number of hydrogen-bond acceptors (Lipinski definition) is 5. The van der Waals surface area contributed by atoms with E-state index >= 15 is 0 Å². The molecular formula is C15H18N2O3S2. The summed E-state index contributed by atoms with van der Waals surface area (Å²) in [4.78, 5) is 4.25. The van der Waals surface area contributed by atoms with Crippen molar-refractivity contribution in [1.82, 2.24) is 4.98 Å². The minimum absolute atomic E-state index is 0.151. The molecule has 2 heterocycles. The van der Waals surface area contributed by atoms with E-state index < -0.39 is 10.0 Å². The summed E-state index contributed by atoms with van der Waals surface area (Å²) in [7, 11) is -3.34. The van der Waals surface area contributed by atoms with Crippen molar-refractivity contribution in [3.05, 3.63) is 35.8 Å². The largest absolute Gasteiger partial charge is 0.381 e. The number of hydrogen-bond donors (Lipinski definition) is 1. The fourth-order valence-electron chi connectivity index (χ4n) is 2.53. The average molecular weight is 338 g/mol. The highest BCUT2D eigenvalue weighted by Crippen LogP contribution is 2.25. The molecule has 0 radical (unpaired) electrons. The normalized spacial score (nSPS) is 16.5. The summed E-state index contributed by atoms with van der Waals surface area (Å²) in [5.74, 6) is 0.325. The Morgan fingerprint density at radius 3 is 2.86 bits per heavy atom. The number of rotatable bonds is 5. The van der Waals surface area contributed by atoms with E-state index in [2.05, 4.69) is 9.71 Å². The Bertz CT molecular complexity index is 708. The number of thiazole rings is 1. The molecule has 0 atom stereocenters. The van der Waals surface area contributed by atoms with E-state index in [1.807, 2.05) is 23.6 Å². The van der Waals surface area contributed by atoms with Gasteiger partial charge in [-0.15, -0.1) is 11.3 Å². The lowest BCUT2D eigenvalue weighted by atomic mass is 10.0. The van der Waals surface area contributed by atoms with Gasteiger partial charge in [0, 0.05) is 36.0 Å². The lowest BCUT2D eigenvalue weighted by molar-refractivity contribution is 0.0724. The lowest BCUT2D eigenvalue weighted by Gasteiger charge is -2.22. The van der Waals surface area contributed by atoms with Crippen LogP contribution in [0.2, 0.25) is 0 Å². The van der Waals surface area contributed by atoms with E-state index in [0.717, 1.165) is 23.4 Å². The molecule has 2 aromatic rings. The van der Waals surface area contributed by atoms with E-state index in [1.165, 1.54) is 11.3 Å². The van der Waals surface area contributed by atoms with Crippen LogP contribution in [0.25, 0.3) is 10.6 Å². The molecule has 7 heteroatoms. The van der Waals surface area contributed by atoms with Crippen molar-refractivity contribution in [2.24, 2.45) is 5.92 Å². The third-order valence-corrected chi connectivity index (χ3v) is 5.89. The first kappa shape index (κ1) is 15.5.